The number of hydrogen-bond acceptors (Lipinski definition) is 6. The molecule has 2 aromatic carbocycles. The number of ether oxygens (including phenoxy) is 3. The zero-order valence-electron chi connectivity index (χ0n) is 19.0. The van der Waals surface area contributed by atoms with Gasteiger partial charge in [-0.05, 0) is 43.2 Å². The molecule has 2 aliphatic heterocycles. The molecule has 0 saturated carbocycles. The van der Waals surface area contributed by atoms with Crippen molar-refractivity contribution >= 4 is 20.9 Å². The second kappa shape index (κ2) is 9.41. The molecule has 2 aliphatic rings. The highest BCUT2D eigenvalue weighted by atomic mass is 32.2. The number of hydrogen-bond donors (Lipinski definition) is 1. The summed E-state index contributed by atoms with van der Waals surface area (Å²) in [6.45, 7) is 0.771. The van der Waals surface area contributed by atoms with Gasteiger partial charge in [-0.15, -0.1) is 0 Å². The summed E-state index contributed by atoms with van der Waals surface area (Å²) in [7, 11) is -4.40. The number of nitrogens with zero attached hydrogens (tertiary/aromatic N) is 1. The van der Waals surface area contributed by atoms with Gasteiger partial charge in [0.1, 0.15) is 13.2 Å². The van der Waals surface area contributed by atoms with Crippen LogP contribution in [0, 0.1) is 0 Å². The van der Waals surface area contributed by atoms with Gasteiger partial charge >= 0.3 is 6.18 Å². The van der Waals surface area contributed by atoms with E-state index in [1.807, 2.05) is 0 Å². The molecule has 192 valence electrons. The Morgan fingerprint density at radius 2 is 1.78 bits per heavy atom. The maximum absolute atomic E-state index is 13.5. The van der Waals surface area contributed by atoms with Crippen LogP contribution in [0.5, 0.6) is 11.5 Å². The maximum Gasteiger partial charge on any atom is 0.416 e. The van der Waals surface area contributed by atoms with E-state index in [-0.39, 0.29) is 18.7 Å². The van der Waals surface area contributed by atoms with Crippen LogP contribution in [0.25, 0.3) is 10.9 Å². The van der Waals surface area contributed by atoms with E-state index in [2.05, 4.69) is 4.98 Å². The number of halogens is 3. The Kier molecular flexibility index (Phi) is 6.43. The number of fused-ring (bicyclic) bond motifs is 2. The highest BCUT2D eigenvalue weighted by Gasteiger charge is 2.34. The van der Waals surface area contributed by atoms with E-state index < -0.39 is 38.3 Å². The standard InChI is InChI=1S/C24H23F3N2O6S/c25-24(26,27)17-3-1-5-19(11-17)36(31,32)29(14-18-4-2-6-33-18)13-16-9-15-10-21-22(35-8-7-34-21)12-20(15)28-23(16)30/h1,3,5,9-12,18H,2,4,6-8,13-14H2,(H,28,30). The molecule has 0 radical (unpaired) electrons. The summed E-state index contributed by atoms with van der Waals surface area (Å²) >= 11 is 0. The van der Waals surface area contributed by atoms with Gasteiger partial charge in [0.25, 0.3) is 5.56 Å². The Bertz CT molecular complexity index is 1450. The molecule has 8 nitrogen and oxygen atoms in total. The van der Waals surface area contributed by atoms with Gasteiger partial charge in [0.2, 0.25) is 10.0 Å². The largest absolute Gasteiger partial charge is 0.486 e. The summed E-state index contributed by atoms with van der Waals surface area (Å²) in [5.41, 5.74) is -0.973. The molecule has 0 amide bonds. The highest BCUT2D eigenvalue weighted by Crippen LogP contribution is 2.34. The molecule has 1 N–H and O–H groups in total. The molecule has 1 atom stereocenters. The average Bonchev–Trinajstić information content (AvgIpc) is 3.35. The number of nitrogens with one attached hydrogen (secondary N) is 1. The summed E-state index contributed by atoms with van der Waals surface area (Å²) in [6.07, 6.45) is -3.79. The molecule has 1 aromatic heterocycles. The van der Waals surface area contributed by atoms with E-state index in [0.717, 1.165) is 28.9 Å². The second-order valence-corrected chi connectivity index (χ2v) is 10.6. The first-order valence-electron chi connectivity index (χ1n) is 11.4. The number of sulfonamides is 1. The van der Waals surface area contributed by atoms with Crippen LogP contribution in [-0.4, -0.2) is 50.2 Å². The Hall–Kier alpha value is -3.09. The van der Waals surface area contributed by atoms with Crippen molar-refractivity contribution in [3.63, 3.8) is 0 Å². The predicted octanol–water partition coefficient (Wildman–Crippen LogP) is 3.69. The zero-order valence-corrected chi connectivity index (χ0v) is 19.8. The number of pyridine rings is 1. The predicted molar refractivity (Wildman–Crippen MR) is 124 cm³/mol. The topological polar surface area (TPSA) is 97.9 Å². The smallest absolute Gasteiger partial charge is 0.416 e. The minimum absolute atomic E-state index is 0.100. The Morgan fingerprint density at radius 3 is 2.47 bits per heavy atom. The molecule has 1 saturated heterocycles. The van der Waals surface area contributed by atoms with E-state index in [4.69, 9.17) is 14.2 Å². The van der Waals surface area contributed by atoms with Crippen LogP contribution in [0.1, 0.15) is 24.0 Å². The molecule has 5 rings (SSSR count). The van der Waals surface area contributed by atoms with Crippen LogP contribution in [-0.2, 0) is 27.5 Å². The minimum Gasteiger partial charge on any atom is -0.486 e. The van der Waals surface area contributed by atoms with Gasteiger partial charge in [-0.25, -0.2) is 8.42 Å². The van der Waals surface area contributed by atoms with Gasteiger partial charge in [-0.3, -0.25) is 4.79 Å². The number of aromatic amines is 1. The third-order valence-corrected chi connectivity index (χ3v) is 7.97. The summed E-state index contributed by atoms with van der Waals surface area (Å²) in [5, 5.41) is 0.599. The van der Waals surface area contributed by atoms with Crippen molar-refractivity contribution in [2.75, 3.05) is 26.4 Å². The van der Waals surface area contributed by atoms with Crippen molar-refractivity contribution in [3.05, 3.63) is 63.9 Å². The Morgan fingerprint density at radius 1 is 1.03 bits per heavy atom. The first-order chi connectivity index (χ1) is 17.1. The molecule has 12 heteroatoms. The molecule has 3 heterocycles. The van der Waals surface area contributed by atoms with Crippen molar-refractivity contribution in [3.8, 4) is 11.5 Å². The van der Waals surface area contributed by atoms with Crippen molar-refractivity contribution in [1.82, 2.24) is 9.29 Å². The number of H-pyrrole nitrogens is 1. The van der Waals surface area contributed by atoms with Crippen molar-refractivity contribution in [1.29, 1.82) is 0 Å². The highest BCUT2D eigenvalue weighted by molar-refractivity contribution is 7.89. The third kappa shape index (κ3) is 4.93. The van der Waals surface area contributed by atoms with Crippen LogP contribution in [0.2, 0.25) is 0 Å². The van der Waals surface area contributed by atoms with Gasteiger partial charge in [-0.1, -0.05) is 6.07 Å². The molecular formula is C24H23F3N2O6S. The average molecular weight is 525 g/mol. The molecule has 3 aromatic rings. The summed E-state index contributed by atoms with van der Waals surface area (Å²) in [5.74, 6) is 0.990. The lowest BCUT2D eigenvalue weighted by Gasteiger charge is -2.25. The van der Waals surface area contributed by atoms with Crippen LogP contribution in [0.15, 0.2) is 52.2 Å². The van der Waals surface area contributed by atoms with Crippen molar-refractivity contribution < 1.29 is 35.8 Å². The van der Waals surface area contributed by atoms with Gasteiger partial charge in [0.15, 0.2) is 11.5 Å². The monoisotopic (exact) mass is 524 g/mol. The number of benzene rings is 2. The van der Waals surface area contributed by atoms with Gasteiger partial charge in [0, 0.05) is 36.7 Å². The lowest BCUT2D eigenvalue weighted by molar-refractivity contribution is -0.137. The van der Waals surface area contributed by atoms with E-state index in [0.29, 0.717) is 54.7 Å². The van der Waals surface area contributed by atoms with Crippen LogP contribution >= 0.6 is 0 Å². The first kappa shape index (κ1) is 24.6. The van der Waals surface area contributed by atoms with Crippen LogP contribution in [0.3, 0.4) is 0 Å². The van der Waals surface area contributed by atoms with Crippen LogP contribution in [0.4, 0.5) is 13.2 Å². The fraction of sp³-hybridized carbons (Fsp3) is 0.375. The molecule has 1 unspecified atom stereocenters. The SMILES string of the molecule is O=c1[nH]c2cc3c(cc2cc1CN(CC1CCCO1)S(=O)(=O)c1cccc(C(F)(F)F)c1)OCCO3. The fourth-order valence-electron chi connectivity index (χ4n) is 4.34. The summed E-state index contributed by atoms with van der Waals surface area (Å²) in [4.78, 5) is 15.1. The van der Waals surface area contributed by atoms with Gasteiger partial charge < -0.3 is 19.2 Å². The quantitative estimate of drug-likeness (QED) is 0.528. The molecule has 1 fully saturated rings. The molecular weight excluding hydrogens is 501 g/mol. The van der Waals surface area contributed by atoms with Crippen molar-refractivity contribution in [2.24, 2.45) is 0 Å². The number of alkyl halides is 3. The third-order valence-electron chi connectivity index (χ3n) is 6.16. The first-order valence-corrected chi connectivity index (χ1v) is 12.8. The van der Waals surface area contributed by atoms with E-state index in [9.17, 15) is 26.4 Å². The van der Waals surface area contributed by atoms with E-state index in [1.165, 1.54) is 0 Å². The number of aromatic nitrogens is 1. The minimum atomic E-state index is -4.70. The molecule has 0 aliphatic carbocycles. The Labute approximate surface area is 204 Å². The van der Waals surface area contributed by atoms with Crippen molar-refractivity contribution in [2.45, 2.75) is 36.6 Å². The Balaban J connectivity index is 1.53. The van der Waals surface area contributed by atoms with E-state index >= 15 is 0 Å². The zero-order chi connectivity index (χ0) is 25.5. The van der Waals surface area contributed by atoms with Crippen LogP contribution < -0.4 is 15.0 Å². The normalized spacial score (nSPS) is 18.2. The molecule has 0 spiro atoms. The molecule has 0 bridgehead atoms. The summed E-state index contributed by atoms with van der Waals surface area (Å²) < 4.78 is 84.6. The number of rotatable bonds is 6. The van der Waals surface area contributed by atoms with Gasteiger partial charge in [0.05, 0.1) is 22.1 Å². The summed E-state index contributed by atoms with van der Waals surface area (Å²) in [6, 6.07) is 8.45. The fourth-order valence-corrected chi connectivity index (χ4v) is 5.84. The maximum atomic E-state index is 13.5. The molecule has 36 heavy (non-hydrogen) atoms. The lowest BCUT2D eigenvalue weighted by atomic mass is 10.1. The van der Waals surface area contributed by atoms with E-state index in [1.54, 1.807) is 18.2 Å². The lowest BCUT2D eigenvalue weighted by Crippen LogP contribution is -2.38. The second-order valence-electron chi connectivity index (χ2n) is 8.66. The van der Waals surface area contributed by atoms with Gasteiger partial charge in [-0.2, -0.15) is 17.5 Å².